The van der Waals surface area contributed by atoms with E-state index in [9.17, 15) is 4.79 Å². The van der Waals surface area contributed by atoms with Gasteiger partial charge in [0.1, 0.15) is 0 Å². The molecule has 1 aromatic carbocycles. The van der Waals surface area contributed by atoms with E-state index < -0.39 is 0 Å². The summed E-state index contributed by atoms with van der Waals surface area (Å²) in [6.07, 6.45) is 0.567. The smallest absolute Gasteiger partial charge is 0.227 e. The van der Waals surface area contributed by atoms with E-state index in [1.54, 1.807) is 0 Å². The van der Waals surface area contributed by atoms with Gasteiger partial charge in [0, 0.05) is 18.8 Å². The highest BCUT2D eigenvalue weighted by atomic mass is 16.5. The third-order valence-corrected chi connectivity index (χ3v) is 3.42. The van der Waals surface area contributed by atoms with Crippen LogP contribution in [0.4, 0.5) is 5.69 Å². The molecule has 1 aliphatic rings. The number of carbonyl (C=O) groups is 1. The molecular weight excluding hydrogens is 240 g/mol. The predicted octanol–water partition coefficient (Wildman–Crippen LogP) is 1.76. The highest BCUT2D eigenvalue weighted by Gasteiger charge is 2.25. The average molecular weight is 262 g/mol. The predicted molar refractivity (Wildman–Crippen MR) is 75.9 cm³/mol. The summed E-state index contributed by atoms with van der Waals surface area (Å²) < 4.78 is 5.64. The topological polar surface area (TPSA) is 55.6 Å². The lowest BCUT2D eigenvalue weighted by Gasteiger charge is -2.35. The molecule has 0 spiro atoms. The van der Waals surface area contributed by atoms with Crippen molar-refractivity contribution < 1.29 is 9.53 Å². The minimum atomic E-state index is 0.100. The lowest BCUT2D eigenvalue weighted by Crippen LogP contribution is -2.48. The maximum absolute atomic E-state index is 12.3. The van der Waals surface area contributed by atoms with Gasteiger partial charge >= 0.3 is 0 Å². The van der Waals surface area contributed by atoms with Crippen LogP contribution in [0.2, 0.25) is 0 Å². The number of ether oxygens (including phenoxy) is 1. The molecule has 1 heterocycles. The number of anilines is 1. The van der Waals surface area contributed by atoms with Crippen molar-refractivity contribution >= 4 is 11.6 Å². The van der Waals surface area contributed by atoms with E-state index >= 15 is 0 Å². The highest BCUT2D eigenvalue weighted by Crippen LogP contribution is 2.17. The van der Waals surface area contributed by atoms with E-state index in [1.807, 2.05) is 43.9 Å². The molecule has 19 heavy (non-hydrogen) atoms. The number of hydrogen-bond donors (Lipinski definition) is 1. The van der Waals surface area contributed by atoms with Crippen molar-refractivity contribution in [3.05, 3.63) is 29.3 Å². The fraction of sp³-hybridized carbons (Fsp3) is 0.533. The Morgan fingerprint density at radius 1 is 1.37 bits per heavy atom. The Kier molecular flexibility index (Phi) is 4.10. The van der Waals surface area contributed by atoms with Gasteiger partial charge < -0.3 is 15.4 Å². The zero-order valence-corrected chi connectivity index (χ0v) is 11.8. The number of carbonyl (C=O) groups excluding carboxylic acids is 1. The fourth-order valence-corrected chi connectivity index (χ4v) is 2.53. The molecule has 0 aromatic heterocycles. The molecule has 1 amide bonds. The minimum Gasteiger partial charge on any atom is -0.398 e. The van der Waals surface area contributed by atoms with E-state index in [1.165, 1.54) is 0 Å². The Labute approximate surface area is 114 Å². The van der Waals surface area contributed by atoms with Crippen molar-refractivity contribution in [2.24, 2.45) is 0 Å². The van der Waals surface area contributed by atoms with Gasteiger partial charge in [-0.1, -0.05) is 12.1 Å². The third kappa shape index (κ3) is 3.47. The SMILES string of the molecule is Cc1ccc(CC(=O)N2CC(C)OC(C)C2)c(N)c1. The van der Waals surface area contributed by atoms with E-state index in [4.69, 9.17) is 10.5 Å². The highest BCUT2D eigenvalue weighted by molar-refractivity contribution is 5.80. The van der Waals surface area contributed by atoms with Crippen LogP contribution in [-0.4, -0.2) is 36.1 Å². The van der Waals surface area contributed by atoms with Crippen LogP contribution in [0.15, 0.2) is 18.2 Å². The molecular formula is C15H22N2O2. The minimum absolute atomic E-state index is 0.100. The van der Waals surface area contributed by atoms with Crippen LogP contribution in [0.1, 0.15) is 25.0 Å². The summed E-state index contributed by atoms with van der Waals surface area (Å²) in [4.78, 5) is 14.2. The van der Waals surface area contributed by atoms with Crippen LogP contribution in [0, 0.1) is 6.92 Å². The van der Waals surface area contributed by atoms with Crippen molar-refractivity contribution in [2.45, 2.75) is 39.4 Å². The van der Waals surface area contributed by atoms with Crippen LogP contribution < -0.4 is 5.73 Å². The van der Waals surface area contributed by atoms with Crippen molar-refractivity contribution in [3.63, 3.8) is 0 Å². The second-order valence-electron chi connectivity index (χ2n) is 5.44. The standard InChI is InChI=1S/C15H22N2O2/c1-10-4-5-13(14(16)6-10)7-15(18)17-8-11(2)19-12(3)9-17/h4-6,11-12H,7-9,16H2,1-3H3. The number of benzene rings is 1. The number of rotatable bonds is 2. The van der Waals surface area contributed by atoms with Crippen LogP contribution in [-0.2, 0) is 16.0 Å². The molecule has 104 valence electrons. The molecule has 1 aromatic rings. The number of nitrogens with zero attached hydrogens (tertiary/aromatic N) is 1. The normalized spacial score (nSPS) is 23.4. The van der Waals surface area contributed by atoms with Gasteiger partial charge in [0.2, 0.25) is 5.91 Å². The molecule has 2 rings (SSSR count). The summed E-state index contributed by atoms with van der Waals surface area (Å²) in [5.41, 5.74) is 8.67. The zero-order valence-electron chi connectivity index (χ0n) is 11.8. The Hall–Kier alpha value is -1.55. The van der Waals surface area contributed by atoms with E-state index in [2.05, 4.69) is 0 Å². The molecule has 2 atom stereocenters. The maximum Gasteiger partial charge on any atom is 0.227 e. The van der Waals surface area contributed by atoms with Crippen molar-refractivity contribution in [2.75, 3.05) is 18.8 Å². The lowest BCUT2D eigenvalue weighted by atomic mass is 10.1. The van der Waals surface area contributed by atoms with E-state index in [0.717, 1.165) is 11.1 Å². The first kappa shape index (κ1) is 13.9. The Morgan fingerprint density at radius 2 is 2.00 bits per heavy atom. The van der Waals surface area contributed by atoms with Crippen molar-refractivity contribution in [1.82, 2.24) is 4.90 Å². The van der Waals surface area contributed by atoms with Gasteiger partial charge in [-0.3, -0.25) is 4.79 Å². The summed E-state index contributed by atoms with van der Waals surface area (Å²) in [6, 6.07) is 5.84. The molecule has 1 fully saturated rings. The quantitative estimate of drug-likeness (QED) is 0.826. The van der Waals surface area contributed by atoms with Gasteiger partial charge in [0.25, 0.3) is 0 Å². The van der Waals surface area contributed by atoms with Gasteiger partial charge in [-0.05, 0) is 38.0 Å². The molecule has 4 heteroatoms. The zero-order chi connectivity index (χ0) is 14.0. The average Bonchev–Trinajstić information content (AvgIpc) is 2.31. The van der Waals surface area contributed by atoms with Gasteiger partial charge in [0.05, 0.1) is 18.6 Å². The molecule has 0 radical (unpaired) electrons. The van der Waals surface area contributed by atoms with Gasteiger partial charge in [-0.2, -0.15) is 0 Å². The second kappa shape index (κ2) is 5.61. The van der Waals surface area contributed by atoms with Gasteiger partial charge in [0.15, 0.2) is 0 Å². The summed E-state index contributed by atoms with van der Waals surface area (Å²) in [6.45, 7) is 7.31. The van der Waals surface area contributed by atoms with Crippen molar-refractivity contribution in [1.29, 1.82) is 0 Å². The second-order valence-corrected chi connectivity index (χ2v) is 5.44. The first-order valence-corrected chi connectivity index (χ1v) is 6.74. The number of nitrogens with two attached hydrogens (primary N) is 1. The Bertz CT molecular complexity index is 463. The summed E-state index contributed by atoms with van der Waals surface area (Å²) in [7, 11) is 0. The molecule has 1 saturated heterocycles. The van der Waals surface area contributed by atoms with Crippen LogP contribution in [0.25, 0.3) is 0 Å². The molecule has 1 aliphatic heterocycles. The van der Waals surface area contributed by atoms with Crippen LogP contribution in [0.3, 0.4) is 0 Å². The summed E-state index contributed by atoms with van der Waals surface area (Å²) >= 11 is 0. The van der Waals surface area contributed by atoms with Crippen LogP contribution in [0.5, 0.6) is 0 Å². The molecule has 0 bridgehead atoms. The monoisotopic (exact) mass is 262 g/mol. The van der Waals surface area contributed by atoms with E-state index in [0.29, 0.717) is 25.2 Å². The molecule has 0 saturated carbocycles. The molecule has 0 aliphatic carbocycles. The first-order chi connectivity index (χ1) is 8.95. The molecule has 4 nitrogen and oxygen atoms in total. The Morgan fingerprint density at radius 3 is 2.58 bits per heavy atom. The number of nitrogen functional groups attached to an aromatic ring is 1. The van der Waals surface area contributed by atoms with E-state index in [-0.39, 0.29) is 18.1 Å². The number of aryl methyl sites for hydroxylation is 1. The number of morpholine rings is 1. The first-order valence-electron chi connectivity index (χ1n) is 6.74. The number of amides is 1. The molecule has 2 unspecified atom stereocenters. The lowest BCUT2D eigenvalue weighted by molar-refractivity contribution is -0.142. The van der Waals surface area contributed by atoms with Gasteiger partial charge in [-0.25, -0.2) is 0 Å². The van der Waals surface area contributed by atoms with Gasteiger partial charge in [-0.15, -0.1) is 0 Å². The summed E-state index contributed by atoms with van der Waals surface area (Å²) in [5, 5.41) is 0. The fourth-order valence-electron chi connectivity index (χ4n) is 2.53. The third-order valence-electron chi connectivity index (χ3n) is 3.42. The Balaban J connectivity index is 2.04. The summed E-state index contributed by atoms with van der Waals surface area (Å²) in [5.74, 6) is 0.123. The van der Waals surface area contributed by atoms with Crippen LogP contribution >= 0.6 is 0 Å². The maximum atomic E-state index is 12.3. The number of hydrogen-bond acceptors (Lipinski definition) is 3. The van der Waals surface area contributed by atoms with Crippen molar-refractivity contribution in [3.8, 4) is 0 Å². The molecule has 2 N–H and O–H groups in total. The largest absolute Gasteiger partial charge is 0.398 e.